The van der Waals surface area contributed by atoms with Crippen LogP contribution in [0.3, 0.4) is 0 Å². The molecule has 0 saturated heterocycles. The first-order chi connectivity index (χ1) is 13.8. The summed E-state index contributed by atoms with van der Waals surface area (Å²) in [4.78, 5) is 19.4. The maximum atomic E-state index is 13.3. The number of nitrogens with zero attached hydrogens (tertiary/aromatic N) is 2. The second-order valence-corrected chi connectivity index (χ2v) is 6.47. The Balaban J connectivity index is 1.46. The van der Waals surface area contributed by atoms with Gasteiger partial charge in [-0.25, -0.2) is 9.37 Å². The molecule has 0 unspecified atom stereocenters. The predicted molar refractivity (Wildman–Crippen MR) is 99.0 cm³/mol. The molecule has 29 heavy (non-hydrogen) atoms. The second kappa shape index (κ2) is 7.08. The Kier molecular flexibility index (Phi) is 4.57. The van der Waals surface area contributed by atoms with Crippen LogP contribution in [0.5, 0.6) is 0 Å². The number of aromatic amines is 1. The standard InChI is InChI=1S/C20H14F4N4O/c21-14-5-6-15-16(7-14)25-8-17(15)27-19(29)18-10-28(11-26-18)9-12-1-3-13(4-2-12)20(22,23)24/h1-8,10-11,25H,9H2,(H,27,29). The molecule has 2 aromatic heterocycles. The Labute approximate surface area is 162 Å². The average Bonchev–Trinajstić information content (AvgIpc) is 3.28. The summed E-state index contributed by atoms with van der Waals surface area (Å²) in [6.07, 6.45) is 0.104. The lowest BCUT2D eigenvalue weighted by Crippen LogP contribution is -2.12. The van der Waals surface area contributed by atoms with Gasteiger partial charge in [0.15, 0.2) is 0 Å². The van der Waals surface area contributed by atoms with Gasteiger partial charge in [-0.3, -0.25) is 4.79 Å². The molecule has 0 saturated carbocycles. The molecular formula is C20H14F4N4O. The van der Waals surface area contributed by atoms with Crippen LogP contribution in [0.15, 0.2) is 61.2 Å². The van der Waals surface area contributed by atoms with Crippen molar-refractivity contribution in [2.75, 3.05) is 5.32 Å². The van der Waals surface area contributed by atoms with E-state index >= 15 is 0 Å². The molecule has 4 aromatic rings. The molecule has 0 spiro atoms. The summed E-state index contributed by atoms with van der Waals surface area (Å²) in [5.41, 5.74) is 1.11. The van der Waals surface area contributed by atoms with Gasteiger partial charge in [-0.2, -0.15) is 13.2 Å². The minimum absolute atomic E-state index is 0.147. The Morgan fingerprint density at radius 1 is 1.14 bits per heavy atom. The number of hydrogen-bond acceptors (Lipinski definition) is 2. The molecule has 0 radical (unpaired) electrons. The molecule has 4 rings (SSSR count). The highest BCUT2D eigenvalue weighted by Gasteiger charge is 2.29. The molecule has 0 atom stereocenters. The van der Waals surface area contributed by atoms with Crippen molar-refractivity contribution in [1.82, 2.24) is 14.5 Å². The summed E-state index contributed by atoms with van der Waals surface area (Å²) >= 11 is 0. The fourth-order valence-electron chi connectivity index (χ4n) is 2.96. The normalized spacial score (nSPS) is 11.7. The van der Waals surface area contributed by atoms with E-state index in [-0.39, 0.29) is 18.1 Å². The first kappa shape index (κ1) is 18.7. The predicted octanol–water partition coefficient (Wildman–Crippen LogP) is 4.82. The molecule has 0 bridgehead atoms. The van der Waals surface area contributed by atoms with Crippen LogP contribution in [0.25, 0.3) is 10.9 Å². The van der Waals surface area contributed by atoms with E-state index in [4.69, 9.17) is 0 Å². The zero-order valence-corrected chi connectivity index (χ0v) is 14.8. The summed E-state index contributed by atoms with van der Waals surface area (Å²) < 4.78 is 52.8. The number of nitrogens with one attached hydrogen (secondary N) is 2. The van der Waals surface area contributed by atoms with Crippen LogP contribution in [0.1, 0.15) is 21.6 Å². The molecule has 0 aliphatic rings. The number of H-pyrrole nitrogens is 1. The zero-order chi connectivity index (χ0) is 20.6. The van der Waals surface area contributed by atoms with Gasteiger partial charge in [0.05, 0.1) is 23.1 Å². The summed E-state index contributed by atoms with van der Waals surface area (Å²) in [6, 6.07) is 8.97. The number of alkyl halides is 3. The van der Waals surface area contributed by atoms with Gasteiger partial charge in [-0.15, -0.1) is 0 Å². The van der Waals surface area contributed by atoms with E-state index in [9.17, 15) is 22.4 Å². The third kappa shape index (κ3) is 3.98. The second-order valence-electron chi connectivity index (χ2n) is 6.47. The number of benzene rings is 2. The van der Waals surface area contributed by atoms with E-state index in [0.29, 0.717) is 22.2 Å². The Bertz CT molecular complexity index is 1180. The number of fused-ring (bicyclic) bond motifs is 1. The van der Waals surface area contributed by atoms with Gasteiger partial charge < -0.3 is 14.9 Å². The summed E-state index contributed by atoms with van der Waals surface area (Å²) in [5.74, 6) is -0.847. The van der Waals surface area contributed by atoms with Gasteiger partial charge >= 0.3 is 6.18 Å². The van der Waals surface area contributed by atoms with Crippen molar-refractivity contribution in [3.8, 4) is 0 Å². The number of amides is 1. The van der Waals surface area contributed by atoms with E-state index in [0.717, 1.165) is 12.1 Å². The minimum atomic E-state index is -4.38. The van der Waals surface area contributed by atoms with Crippen molar-refractivity contribution in [2.45, 2.75) is 12.7 Å². The van der Waals surface area contributed by atoms with Crippen molar-refractivity contribution < 1.29 is 22.4 Å². The van der Waals surface area contributed by atoms with Crippen LogP contribution in [0.4, 0.5) is 23.2 Å². The lowest BCUT2D eigenvalue weighted by molar-refractivity contribution is -0.137. The molecule has 1 amide bonds. The van der Waals surface area contributed by atoms with Crippen LogP contribution < -0.4 is 5.32 Å². The van der Waals surface area contributed by atoms with Gasteiger partial charge in [0.1, 0.15) is 11.5 Å². The number of hydrogen-bond donors (Lipinski definition) is 2. The van der Waals surface area contributed by atoms with E-state index in [1.165, 1.54) is 36.8 Å². The number of carbonyl (C=O) groups excluding carboxylic acids is 1. The average molecular weight is 402 g/mol. The largest absolute Gasteiger partial charge is 0.416 e. The highest BCUT2D eigenvalue weighted by molar-refractivity contribution is 6.07. The molecule has 2 aromatic carbocycles. The lowest BCUT2D eigenvalue weighted by Gasteiger charge is -2.08. The van der Waals surface area contributed by atoms with Gasteiger partial charge in [0, 0.05) is 24.3 Å². The first-order valence-electron chi connectivity index (χ1n) is 8.55. The highest BCUT2D eigenvalue weighted by atomic mass is 19.4. The summed E-state index contributed by atoms with van der Waals surface area (Å²) in [6.45, 7) is 0.269. The zero-order valence-electron chi connectivity index (χ0n) is 14.8. The molecule has 148 valence electrons. The Morgan fingerprint density at radius 2 is 1.90 bits per heavy atom. The van der Waals surface area contributed by atoms with Crippen LogP contribution >= 0.6 is 0 Å². The maximum Gasteiger partial charge on any atom is 0.416 e. The number of anilines is 1. The van der Waals surface area contributed by atoms with Crippen LogP contribution in [0, 0.1) is 5.82 Å². The SMILES string of the molecule is O=C(Nc1c[nH]c2cc(F)ccc12)c1cn(Cc2ccc(C(F)(F)F)cc2)cn1. The van der Waals surface area contributed by atoms with Crippen LogP contribution in [-0.4, -0.2) is 20.4 Å². The quantitative estimate of drug-likeness (QED) is 0.481. The Hall–Kier alpha value is -3.62. The summed E-state index contributed by atoms with van der Waals surface area (Å²) in [5, 5.41) is 3.36. The molecule has 5 nitrogen and oxygen atoms in total. The lowest BCUT2D eigenvalue weighted by atomic mass is 10.1. The minimum Gasteiger partial charge on any atom is -0.359 e. The monoisotopic (exact) mass is 402 g/mol. The van der Waals surface area contributed by atoms with Crippen molar-refractivity contribution >= 4 is 22.5 Å². The molecule has 0 aliphatic heterocycles. The number of imidazole rings is 1. The fraction of sp³-hybridized carbons (Fsp3) is 0.100. The molecule has 2 N–H and O–H groups in total. The molecule has 2 heterocycles. The fourth-order valence-corrected chi connectivity index (χ4v) is 2.96. The van der Waals surface area contributed by atoms with E-state index in [1.807, 2.05) is 0 Å². The molecular weight excluding hydrogens is 388 g/mol. The number of aromatic nitrogens is 3. The van der Waals surface area contributed by atoms with Crippen LogP contribution in [-0.2, 0) is 12.7 Å². The molecule has 0 fully saturated rings. The topological polar surface area (TPSA) is 62.7 Å². The first-order valence-corrected chi connectivity index (χ1v) is 8.55. The van der Waals surface area contributed by atoms with Crippen molar-refractivity contribution in [3.05, 3.63) is 83.8 Å². The molecule has 9 heteroatoms. The van der Waals surface area contributed by atoms with E-state index < -0.39 is 17.6 Å². The van der Waals surface area contributed by atoms with Crippen molar-refractivity contribution in [2.24, 2.45) is 0 Å². The molecule has 0 aliphatic carbocycles. The van der Waals surface area contributed by atoms with Crippen molar-refractivity contribution in [3.63, 3.8) is 0 Å². The van der Waals surface area contributed by atoms with E-state index in [1.54, 1.807) is 16.8 Å². The third-order valence-electron chi connectivity index (χ3n) is 4.40. The van der Waals surface area contributed by atoms with Gasteiger partial charge in [-0.1, -0.05) is 12.1 Å². The van der Waals surface area contributed by atoms with Crippen molar-refractivity contribution in [1.29, 1.82) is 0 Å². The maximum absolute atomic E-state index is 13.3. The van der Waals surface area contributed by atoms with Gasteiger partial charge in [0.2, 0.25) is 0 Å². The number of halogens is 4. The summed E-state index contributed by atoms with van der Waals surface area (Å²) in [7, 11) is 0. The highest BCUT2D eigenvalue weighted by Crippen LogP contribution is 2.29. The van der Waals surface area contributed by atoms with Gasteiger partial charge in [0.25, 0.3) is 5.91 Å². The van der Waals surface area contributed by atoms with E-state index in [2.05, 4.69) is 15.3 Å². The number of rotatable bonds is 4. The smallest absolute Gasteiger partial charge is 0.359 e. The van der Waals surface area contributed by atoms with Gasteiger partial charge in [-0.05, 0) is 35.9 Å². The third-order valence-corrected chi connectivity index (χ3v) is 4.40. The van der Waals surface area contributed by atoms with Crippen LogP contribution in [0.2, 0.25) is 0 Å². The Morgan fingerprint density at radius 3 is 2.62 bits per heavy atom. The number of carbonyl (C=O) groups is 1.